The third-order valence-electron chi connectivity index (χ3n) is 1.49. The van der Waals surface area contributed by atoms with E-state index in [1.54, 1.807) is 0 Å². The maximum atomic E-state index is 5.12. The average molecular weight is 125 g/mol. The molecular formula is C7H11NO. The molecule has 50 valence electrons. The second-order valence-corrected chi connectivity index (χ2v) is 2.14. The van der Waals surface area contributed by atoms with Crippen molar-refractivity contribution in [3.05, 3.63) is 24.6 Å². The lowest BCUT2D eigenvalue weighted by Crippen LogP contribution is -2.28. The minimum absolute atomic E-state index is 0.698. The van der Waals surface area contributed by atoms with E-state index >= 15 is 0 Å². The molecule has 0 aromatic rings. The highest BCUT2D eigenvalue weighted by atomic mass is 16.5. The molecule has 0 saturated carbocycles. The molecule has 1 fully saturated rings. The fraction of sp³-hybridized carbons (Fsp3) is 0.429. The van der Waals surface area contributed by atoms with Crippen molar-refractivity contribution in [1.29, 1.82) is 0 Å². The van der Waals surface area contributed by atoms with Gasteiger partial charge in [0.2, 0.25) is 0 Å². The van der Waals surface area contributed by atoms with Crippen molar-refractivity contribution in [1.82, 2.24) is 4.90 Å². The predicted molar refractivity (Wildman–Crippen MR) is 36.9 cm³/mol. The SMILES string of the molecule is C=C1OCCN(C)C1=C. The first kappa shape index (κ1) is 6.20. The molecule has 0 aromatic heterocycles. The fourth-order valence-corrected chi connectivity index (χ4v) is 0.737. The van der Waals surface area contributed by atoms with Gasteiger partial charge in [-0.25, -0.2) is 0 Å². The van der Waals surface area contributed by atoms with Gasteiger partial charge in [-0.05, 0) is 0 Å². The van der Waals surface area contributed by atoms with Crippen LogP contribution in [0.2, 0.25) is 0 Å². The summed E-state index contributed by atoms with van der Waals surface area (Å²) in [7, 11) is 1.98. The number of hydrogen-bond donors (Lipinski definition) is 0. The van der Waals surface area contributed by atoms with E-state index in [2.05, 4.69) is 13.2 Å². The Labute approximate surface area is 55.4 Å². The smallest absolute Gasteiger partial charge is 0.134 e. The Morgan fingerprint density at radius 1 is 1.56 bits per heavy atom. The summed E-state index contributed by atoms with van der Waals surface area (Å²) in [5.41, 5.74) is 0.890. The van der Waals surface area contributed by atoms with Gasteiger partial charge in [-0.1, -0.05) is 13.2 Å². The molecule has 0 radical (unpaired) electrons. The first-order valence-electron chi connectivity index (χ1n) is 2.94. The number of likely N-dealkylation sites (N-methyl/N-ethyl adjacent to an activating group) is 1. The molecule has 1 heterocycles. The number of hydrogen-bond acceptors (Lipinski definition) is 2. The lowest BCUT2D eigenvalue weighted by atomic mass is 10.3. The Balaban J connectivity index is 2.62. The van der Waals surface area contributed by atoms with Crippen molar-refractivity contribution in [3.63, 3.8) is 0 Å². The first-order valence-corrected chi connectivity index (χ1v) is 2.94. The van der Waals surface area contributed by atoms with Crippen LogP contribution in [0.1, 0.15) is 0 Å². The summed E-state index contributed by atoms with van der Waals surface area (Å²) >= 11 is 0. The maximum Gasteiger partial charge on any atom is 0.134 e. The topological polar surface area (TPSA) is 12.5 Å². The molecular weight excluding hydrogens is 114 g/mol. The molecule has 2 heteroatoms. The monoisotopic (exact) mass is 125 g/mol. The van der Waals surface area contributed by atoms with Gasteiger partial charge in [-0.15, -0.1) is 0 Å². The van der Waals surface area contributed by atoms with Gasteiger partial charge in [-0.3, -0.25) is 0 Å². The summed E-state index contributed by atoms with van der Waals surface area (Å²) in [6.45, 7) is 9.10. The van der Waals surface area contributed by atoms with E-state index < -0.39 is 0 Å². The molecule has 0 spiro atoms. The fourth-order valence-electron chi connectivity index (χ4n) is 0.737. The summed E-state index contributed by atoms with van der Waals surface area (Å²) in [6.07, 6.45) is 0. The van der Waals surface area contributed by atoms with E-state index in [0.717, 1.165) is 18.8 Å². The molecule has 0 aliphatic carbocycles. The Bertz CT molecular complexity index is 151. The molecule has 0 aromatic carbocycles. The summed E-state index contributed by atoms with van der Waals surface area (Å²) in [5, 5.41) is 0. The second kappa shape index (κ2) is 2.13. The van der Waals surface area contributed by atoms with Crippen LogP contribution in [0.5, 0.6) is 0 Å². The molecule has 1 aliphatic rings. The van der Waals surface area contributed by atoms with Crippen molar-refractivity contribution < 1.29 is 4.74 Å². The molecule has 0 amide bonds. The minimum Gasteiger partial charge on any atom is -0.490 e. The van der Waals surface area contributed by atoms with E-state index in [9.17, 15) is 0 Å². The lowest BCUT2D eigenvalue weighted by Gasteiger charge is -2.28. The highest BCUT2D eigenvalue weighted by Gasteiger charge is 2.12. The van der Waals surface area contributed by atoms with Gasteiger partial charge in [0.25, 0.3) is 0 Å². The first-order chi connectivity index (χ1) is 4.22. The van der Waals surface area contributed by atoms with E-state index in [-0.39, 0.29) is 0 Å². The largest absolute Gasteiger partial charge is 0.490 e. The van der Waals surface area contributed by atoms with Gasteiger partial charge in [0.1, 0.15) is 12.4 Å². The standard InChI is InChI=1S/C7H11NO/c1-6-7(2)9-5-4-8(6)3/h1-2,4-5H2,3H3. The van der Waals surface area contributed by atoms with Crippen LogP contribution in [0.4, 0.5) is 0 Å². The van der Waals surface area contributed by atoms with Crippen molar-refractivity contribution in [3.8, 4) is 0 Å². The quantitative estimate of drug-likeness (QED) is 0.478. The normalized spacial score (nSPS) is 19.9. The van der Waals surface area contributed by atoms with Crippen LogP contribution in [0, 0.1) is 0 Å². The molecule has 0 atom stereocenters. The zero-order chi connectivity index (χ0) is 6.85. The summed E-state index contributed by atoms with van der Waals surface area (Å²) < 4.78 is 5.12. The van der Waals surface area contributed by atoms with Crippen LogP contribution < -0.4 is 0 Å². The maximum absolute atomic E-state index is 5.12. The summed E-state index contributed by atoms with van der Waals surface area (Å²) in [5.74, 6) is 0.698. The molecule has 0 unspecified atom stereocenters. The van der Waals surface area contributed by atoms with Crippen LogP contribution in [0.15, 0.2) is 24.6 Å². The van der Waals surface area contributed by atoms with Crippen LogP contribution in [0.3, 0.4) is 0 Å². The molecule has 1 saturated heterocycles. The minimum atomic E-state index is 0.698. The molecule has 1 rings (SSSR count). The number of morpholine rings is 1. The Hall–Kier alpha value is -0.920. The van der Waals surface area contributed by atoms with E-state index in [1.165, 1.54) is 0 Å². The lowest BCUT2D eigenvalue weighted by molar-refractivity contribution is 0.144. The molecule has 0 N–H and O–H groups in total. The number of ether oxygens (including phenoxy) is 1. The van der Waals surface area contributed by atoms with Crippen molar-refractivity contribution in [2.75, 3.05) is 20.2 Å². The van der Waals surface area contributed by atoms with Gasteiger partial charge < -0.3 is 9.64 Å². The van der Waals surface area contributed by atoms with Crippen molar-refractivity contribution in [2.45, 2.75) is 0 Å². The molecule has 2 nitrogen and oxygen atoms in total. The van der Waals surface area contributed by atoms with E-state index in [0.29, 0.717) is 5.76 Å². The summed E-state index contributed by atoms with van der Waals surface area (Å²) in [6, 6.07) is 0. The van der Waals surface area contributed by atoms with Gasteiger partial charge in [0, 0.05) is 7.05 Å². The predicted octanol–water partition coefficient (Wildman–Crippen LogP) is 0.976. The number of nitrogens with zero attached hydrogens (tertiary/aromatic N) is 1. The Kier molecular flexibility index (Phi) is 1.47. The molecule has 0 bridgehead atoms. The van der Waals surface area contributed by atoms with E-state index in [1.807, 2.05) is 11.9 Å². The van der Waals surface area contributed by atoms with Crippen LogP contribution in [-0.4, -0.2) is 25.1 Å². The van der Waals surface area contributed by atoms with Crippen molar-refractivity contribution >= 4 is 0 Å². The highest BCUT2D eigenvalue weighted by molar-refractivity contribution is 5.19. The zero-order valence-corrected chi connectivity index (χ0v) is 5.68. The van der Waals surface area contributed by atoms with Crippen molar-refractivity contribution in [2.24, 2.45) is 0 Å². The Morgan fingerprint density at radius 3 is 2.67 bits per heavy atom. The molecule has 9 heavy (non-hydrogen) atoms. The molecule has 1 aliphatic heterocycles. The second-order valence-electron chi connectivity index (χ2n) is 2.14. The van der Waals surface area contributed by atoms with Crippen LogP contribution >= 0.6 is 0 Å². The average Bonchev–Trinajstić information content (AvgIpc) is 1.83. The third-order valence-corrected chi connectivity index (χ3v) is 1.49. The van der Waals surface area contributed by atoms with Crippen LogP contribution in [0.25, 0.3) is 0 Å². The van der Waals surface area contributed by atoms with Gasteiger partial charge in [0.15, 0.2) is 0 Å². The van der Waals surface area contributed by atoms with E-state index in [4.69, 9.17) is 4.74 Å². The van der Waals surface area contributed by atoms with Gasteiger partial charge >= 0.3 is 0 Å². The Morgan fingerprint density at radius 2 is 2.22 bits per heavy atom. The number of rotatable bonds is 0. The highest BCUT2D eigenvalue weighted by Crippen LogP contribution is 2.14. The van der Waals surface area contributed by atoms with Gasteiger partial charge in [-0.2, -0.15) is 0 Å². The van der Waals surface area contributed by atoms with Crippen LogP contribution in [-0.2, 0) is 4.74 Å². The summed E-state index contributed by atoms with van der Waals surface area (Å²) in [4.78, 5) is 2.03. The van der Waals surface area contributed by atoms with Gasteiger partial charge in [0.05, 0.1) is 12.2 Å². The third kappa shape index (κ3) is 1.07. The zero-order valence-electron chi connectivity index (χ0n) is 5.68.